The molecule has 0 aromatic heterocycles. The van der Waals surface area contributed by atoms with E-state index in [0.29, 0.717) is 5.41 Å². The van der Waals surface area contributed by atoms with Gasteiger partial charge >= 0.3 is 0 Å². The average molecular weight is 304 g/mol. The van der Waals surface area contributed by atoms with Gasteiger partial charge in [0, 0.05) is 11.9 Å². The smallest absolute Gasteiger partial charge is 0.0367 e. The van der Waals surface area contributed by atoms with Crippen LogP contribution in [-0.4, -0.2) is 6.21 Å². The van der Waals surface area contributed by atoms with Crippen LogP contribution in [0.5, 0.6) is 0 Å². The van der Waals surface area contributed by atoms with E-state index >= 15 is 0 Å². The Labute approximate surface area is 139 Å². The van der Waals surface area contributed by atoms with E-state index < -0.39 is 0 Å². The molecule has 1 rings (SSSR count). The van der Waals surface area contributed by atoms with Crippen molar-refractivity contribution in [1.82, 2.24) is 0 Å². The van der Waals surface area contributed by atoms with Crippen LogP contribution in [0.3, 0.4) is 0 Å². The van der Waals surface area contributed by atoms with Crippen LogP contribution in [0.4, 0.5) is 0 Å². The molecule has 0 saturated carbocycles. The first kappa shape index (κ1) is 19.2. The molecule has 2 atom stereocenters. The maximum atomic E-state index is 4.74. The summed E-state index contributed by atoms with van der Waals surface area (Å²) in [7, 11) is 0. The SMILES string of the molecule is CCCC1=CCC=C(CCC(CC(C)(C)C)C(C)CC)N=C1. The van der Waals surface area contributed by atoms with E-state index in [2.05, 4.69) is 59.9 Å². The van der Waals surface area contributed by atoms with Crippen LogP contribution in [0.25, 0.3) is 0 Å². The normalized spacial score (nSPS) is 18.5. The van der Waals surface area contributed by atoms with Gasteiger partial charge in [-0.25, -0.2) is 0 Å². The third-order valence-electron chi connectivity index (χ3n) is 4.76. The molecule has 2 unspecified atom stereocenters. The van der Waals surface area contributed by atoms with Gasteiger partial charge in [-0.1, -0.05) is 66.5 Å². The van der Waals surface area contributed by atoms with Gasteiger partial charge in [-0.05, 0) is 54.9 Å². The highest BCUT2D eigenvalue weighted by molar-refractivity contribution is 5.79. The largest absolute Gasteiger partial charge is 0.261 e. The second-order valence-corrected chi connectivity index (χ2v) is 8.17. The van der Waals surface area contributed by atoms with Gasteiger partial charge in [-0.2, -0.15) is 0 Å². The van der Waals surface area contributed by atoms with Crippen molar-refractivity contribution >= 4 is 6.21 Å². The van der Waals surface area contributed by atoms with Crippen LogP contribution < -0.4 is 0 Å². The Morgan fingerprint density at radius 1 is 1.14 bits per heavy atom. The van der Waals surface area contributed by atoms with Crippen molar-refractivity contribution in [2.45, 2.75) is 86.5 Å². The van der Waals surface area contributed by atoms with Crippen LogP contribution in [0, 0.1) is 17.3 Å². The average Bonchev–Trinajstić information content (AvgIpc) is 2.67. The summed E-state index contributed by atoms with van der Waals surface area (Å²) in [5.74, 6) is 1.62. The van der Waals surface area contributed by atoms with Crippen molar-refractivity contribution in [3.05, 3.63) is 23.4 Å². The summed E-state index contributed by atoms with van der Waals surface area (Å²) in [6.45, 7) is 14.1. The summed E-state index contributed by atoms with van der Waals surface area (Å²) in [6, 6.07) is 0. The molecule has 1 aliphatic heterocycles. The van der Waals surface area contributed by atoms with E-state index in [4.69, 9.17) is 4.99 Å². The van der Waals surface area contributed by atoms with Gasteiger partial charge in [-0.3, -0.25) is 4.99 Å². The van der Waals surface area contributed by atoms with Crippen molar-refractivity contribution in [3.63, 3.8) is 0 Å². The van der Waals surface area contributed by atoms with Gasteiger partial charge in [0.15, 0.2) is 0 Å². The summed E-state index contributed by atoms with van der Waals surface area (Å²) in [5.41, 5.74) is 3.12. The molecular formula is C21H37N. The van der Waals surface area contributed by atoms with E-state index in [0.717, 1.165) is 31.1 Å². The quantitative estimate of drug-likeness (QED) is 0.460. The third-order valence-corrected chi connectivity index (χ3v) is 4.76. The Hall–Kier alpha value is -0.850. The second kappa shape index (κ2) is 9.33. The van der Waals surface area contributed by atoms with Gasteiger partial charge in [0.2, 0.25) is 0 Å². The first-order valence-electron chi connectivity index (χ1n) is 9.27. The molecule has 0 radical (unpaired) electrons. The van der Waals surface area contributed by atoms with Gasteiger partial charge in [0.1, 0.15) is 0 Å². The molecule has 0 amide bonds. The lowest BCUT2D eigenvalue weighted by atomic mass is 9.76. The van der Waals surface area contributed by atoms with E-state index in [9.17, 15) is 0 Å². The Bertz CT molecular complexity index is 406. The van der Waals surface area contributed by atoms with Crippen molar-refractivity contribution in [1.29, 1.82) is 0 Å². The molecule has 0 spiro atoms. The van der Waals surface area contributed by atoms with Crippen molar-refractivity contribution in [2.24, 2.45) is 22.2 Å². The highest BCUT2D eigenvalue weighted by atomic mass is 14.7. The molecular weight excluding hydrogens is 266 g/mol. The summed E-state index contributed by atoms with van der Waals surface area (Å²) in [6.07, 6.45) is 15.2. The van der Waals surface area contributed by atoms with Crippen molar-refractivity contribution < 1.29 is 0 Å². The fraction of sp³-hybridized carbons (Fsp3) is 0.762. The lowest BCUT2D eigenvalue weighted by Crippen LogP contribution is -2.19. The molecule has 1 nitrogen and oxygen atoms in total. The monoisotopic (exact) mass is 303 g/mol. The number of hydrogen-bond acceptors (Lipinski definition) is 1. The molecule has 0 N–H and O–H groups in total. The van der Waals surface area contributed by atoms with E-state index in [1.165, 1.54) is 37.0 Å². The highest BCUT2D eigenvalue weighted by Gasteiger charge is 2.22. The fourth-order valence-electron chi connectivity index (χ4n) is 3.28. The fourth-order valence-corrected chi connectivity index (χ4v) is 3.28. The minimum absolute atomic E-state index is 0.422. The second-order valence-electron chi connectivity index (χ2n) is 8.17. The Kier molecular flexibility index (Phi) is 8.14. The standard InChI is InChI=1S/C21H37N/c1-7-10-18-11-9-12-20(22-16-18)14-13-19(17(3)8-2)15-21(4,5)6/h11-12,16-17,19H,7-10,13-15H2,1-6H3. The van der Waals surface area contributed by atoms with Crippen LogP contribution in [0.15, 0.2) is 28.4 Å². The first-order valence-corrected chi connectivity index (χ1v) is 9.27. The topological polar surface area (TPSA) is 12.4 Å². The molecule has 0 aromatic carbocycles. The summed E-state index contributed by atoms with van der Waals surface area (Å²) < 4.78 is 0. The number of aliphatic imine (C=N–C) groups is 1. The van der Waals surface area contributed by atoms with E-state index in [1.807, 2.05) is 0 Å². The first-order chi connectivity index (χ1) is 10.4. The minimum atomic E-state index is 0.422. The number of hydrogen-bond donors (Lipinski definition) is 0. The molecule has 1 heterocycles. The molecule has 0 fully saturated rings. The van der Waals surface area contributed by atoms with Crippen LogP contribution >= 0.6 is 0 Å². The summed E-state index contributed by atoms with van der Waals surface area (Å²) in [5, 5.41) is 0. The zero-order valence-electron chi connectivity index (χ0n) is 15.8. The van der Waals surface area contributed by atoms with Crippen LogP contribution in [-0.2, 0) is 0 Å². The molecule has 0 saturated heterocycles. The molecule has 1 heteroatoms. The number of nitrogens with zero attached hydrogens (tertiary/aromatic N) is 1. The zero-order valence-corrected chi connectivity index (χ0v) is 15.8. The Morgan fingerprint density at radius 3 is 2.45 bits per heavy atom. The Balaban J connectivity index is 2.58. The van der Waals surface area contributed by atoms with Gasteiger partial charge in [0.05, 0.1) is 0 Å². The van der Waals surface area contributed by atoms with Crippen LogP contribution in [0.2, 0.25) is 0 Å². The Morgan fingerprint density at radius 2 is 1.86 bits per heavy atom. The number of rotatable bonds is 8. The predicted molar refractivity (Wildman–Crippen MR) is 100 cm³/mol. The van der Waals surface area contributed by atoms with Gasteiger partial charge in [-0.15, -0.1) is 0 Å². The molecule has 0 aliphatic carbocycles. The maximum absolute atomic E-state index is 4.74. The van der Waals surface area contributed by atoms with Gasteiger partial charge < -0.3 is 0 Å². The molecule has 0 aromatic rings. The van der Waals surface area contributed by atoms with E-state index in [-0.39, 0.29) is 0 Å². The van der Waals surface area contributed by atoms with Crippen molar-refractivity contribution in [2.75, 3.05) is 0 Å². The maximum Gasteiger partial charge on any atom is 0.0367 e. The van der Waals surface area contributed by atoms with E-state index in [1.54, 1.807) is 0 Å². The van der Waals surface area contributed by atoms with Crippen LogP contribution in [0.1, 0.15) is 86.5 Å². The minimum Gasteiger partial charge on any atom is -0.261 e. The summed E-state index contributed by atoms with van der Waals surface area (Å²) in [4.78, 5) is 4.74. The predicted octanol–water partition coefficient (Wildman–Crippen LogP) is 6.95. The molecule has 22 heavy (non-hydrogen) atoms. The third kappa shape index (κ3) is 7.42. The highest BCUT2D eigenvalue weighted by Crippen LogP contribution is 2.34. The number of allylic oxidation sites excluding steroid dienone is 4. The molecule has 0 bridgehead atoms. The van der Waals surface area contributed by atoms with Crippen molar-refractivity contribution in [3.8, 4) is 0 Å². The molecule has 126 valence electrons. The van der Waals surface area contributed by atoms with Gasteiger partial charge in [0.25, 0.3) is 0 Å². The lowest BCUT2D eigenvalue weighted by molar-refractivity contribution is 0.217. The lowest BCUT2D eigenvalue weighted by Gasteiger charge is -2.30. The molecule has 1 aliphatic rings. The zero-order chi connectivity index (χ0) is 16.6. The summed E-state index contributed by atoms with van der Waals surface area (Å²) >= 11 is 0.